The number of rotatable bonds is 4. The third-order valence-corrected chi connectivity index (χ3v) is 3.77. The minimum atomic E-state index is -0.184. The van der Waals surface area contributed by atoms with Crippen LogP contribution in [0.5, 0.6) is 0 Å². The number of nitrogens with zero attached hydrogens (tertiary/aromatic N) is 2. The third-order valence-electron chi connectivity index (χ3n) is 3.77. The summed E-state index contributed by atoms with van der Waals surface area (Å²) in [6.07, 6.45) is 0.385. The summed E-state index contributed by atoms with van der Waals surface area (Å²) in [5.41, 5.74) is 2.80. The first kappa shape index (κ1) is 14.7. The van der Waals surface area contributed by atoms with Gasteiger partial charge in [-0.25, -0.2) is 10.2 Å². The van der Waals surface area contributed by atoms with E-state index >= 15 is 0 Å². The van der Waals surface area contributed by atoms with Crippen LogP contribution in [-0.4, -0.2) is 43.0 Å². The fourth-order valence-electron chi connectivity index (χ4n) is 2.57. The molecule has 1 atom stereocenters. The Morgan fingerprint density at radius 3 is 2.60 bits per heavy atom. The molecule has 0 aliphatic carbocycles. The number of halogens is 1. The molecule has 0 saturated carbocycles. The van der Waals surface area contributed by atoms with E-state index in [0.29, 0.717) is 12.1 Å². The van der Waals surface area contributed by atoms with Crippen molar-refractivity contribution in [3.63, 3.8) is 0 Å². The first-order chi connectivity index (χ1) is 9.61. The second kappa shape index (κ2) is 6.67. The molecule has 3 N–H and O–H groups in total. The number of nitrogens with two attached hydrogens (primary N) is 1. The Kier molecular flexibility index (Phi) is 4.92. The molecule has 1 aliphatic heterocycles. The van der Waals surface area contributed by atoms with E-state index in [4.69, 9.17) is 5.84 Å². The molecule has 6 heteroatoms. The molecule has 5 nitrogen and oxygen atoms in total. The fraction of sp³-hybridized carbons (Fsp3) is 0.500. The van der Waals surface area contributed by atoms with Gasteiger partial charge in [-0.1, -0.05) is 12.1 Å². The van der Waals surface area contributed by atoms with Crippen LogP contribution in [0.3, 0.4) is 0 Å². The number of amides is 1. The number of piperazine rings is 1. The lowest BCUT2D eigenvalue weighted by atomic mass is 10.1. The van der Waals surface area contributed by atoms with Crippen molar-refractivity contribution in [3.05, 3.63) is 30.1 Å². The smallest absolute Gasteiger partial charge is 0.235 e. The zero-order valence-corrected chi connectivity index (χ0v) is 11.7. The van der Waals surface area contributed by atoms with E-state index in [0.717, 1.165) is 26.2 Å². The van der Waals surface area contributed by atoms with E-state index in [1.165, 1.54) is 6.07 Å². The standard InChI is InChI=1S/C14H21FN4O/c1-11(10-14(20)17-16)18-6-8-19(9-7-18)13-5-3-2-4-12(13)15/h2-5,11H,6-10,16H2,1H3,(H,17,20). The molecule has 1 aromatic carbocycles. The predicted octanol–water partition coefficient (Wildman–Crippen LogP) is 0.716. The van der Waals surface area contributed by atoms with Crippen LogP contribution in [0.1, 0.15) is 13.3 Å². The van der Waals surface area contributed by atoms with Crippen LogP contribution in [0.2, 0.25) is 0 Å². The molecule has 1 aliphatic rings. The number of anilines is 1. The topological polar surface area (TPSA) is 61.6 Å². The van der Waals surface area contributed by atoms with Gasteiger partial charge in [0.05, 0.1) is 5.69 Å². The molecule has 20 heavy (non-hydrogen) atoms. The lowest BCUT2D eigenvalue weighted by Crippen LogP contribution is -2.51. The van der Waals surface area contributed by atoms with Gasteiger partial charge in [-0.3, -0.25) is 15.1 Å². The quantitative estimate of drug-likeness (QED) is 0.484. The van der Waals surface area contributed by atoms with Crippen LogP contribution in [0, 0.1) is 5.82 Å². The van der Waals surface area contributed by atoms with Crippen molar-refractivity contribution in [2.45, 2.75) is 19.4 Å². The van der Waals surface area contributed by atoms with Crippen molar-refractivity contribution < 1.29 is 9.18 Å². The average molecular weight is 280 g/mol. The largest absolute Gasteiger partial charge is 0.367 e. The van der Waals surface area contributed by atoms with Gasteiger partial charge in [-0.05, 0) is 19.1 Å². The van der Waals surface area contributed by atoms with Gasteiger partial charge < -0.3 is 4.90 Å². The third kappa shape index (κ3) is 3.46. The van der Waals surface area contributed by atoms with E-state index < -0.39 is 0 Å². The van der Waals surface area contributed by atoms with Crippen molar-refractivity contribution in [1.29, 1.82) is 0 Å². The number of nitrogens with one attached hydrogen (secondary N) is 1. The number of carbonyl (C=O) groups is 1. The number of hydrogen-bond donors (Lipinski definition) is 2. The number of hydrogen-bond acceptors (Lipinski definition) is 4. The SMILES string of the molecule is CC(CC(=O)NN)N1CCN(c2ccccc2F)CC1. The van der Waals surface area contributed by atoms with Gasteiger partial charge in [-0.2, -0.15) is 0 Å². The summed E-state index contributed by atoms with van der Waals surface area (Å²) in [5.74, 6) is 4.75. The van der Waals surface area contributed by atoms with E-state index in [9.17, 15) is 9.18 Å². The number of para-hydroxylation sites is 1. The van der Waals surface area contributed by atoms with E-state index in [1.54, 1.807) is 12.1 Å². The van der Waals surface area contributed by atoms with Crippen LogP contribution in [0.15, 0.2) is 24.3 Å². The minimum absolute atomic E-state index is 0.140. The summed E-state index contributed by atoms with van der Waals surface area (Å²) in [4.78, 5) is 15.5. The van der Waals surface area contributed by atoms with Gasteiger partial charge in [0, 0.05) is 38.6 Å². The summed E-state index contributed by atoms with van der Waals surface area (Å²) in [6.45, 7) is 5.15. The zero-order chi connectivity index (χ0) is 14.5. The maximum absolute atomic E-state index is 13.7. The van der Waals surface area contributed by atoms with Crippen molar-refractivity contribution in [2.75, 3.05) is 31.1 Å². The van der Waals surface area contributed by atoms with Gasteiger partial charge >= 0.3 is 0 Å². The molecule has 0 radical (unpaired) electrons. The molecule has 0 spiro atoms. The molecule has 110 valence electrons. The fourth-order valence-corrected chi connectivity index (χ4v) is 2.57. The molecule has 2 rings (SSSR count). The van der Waals surface area contributed by atoms with Crippen LogP contribution in [0.25, 0.3) is 0 Å². The number of carbonyl (C=O) groups excluding carboxylic acids is 1. The highest BCUT2D eigenvalue weighted by molar-refractivity contribution is 5.75. The van der Waals surface area contributed by atoms with Crippen LogP contribution >= 0.6 is 0 Å². The van der Waals surface area contributed by atoms with Crippen molar-refractivity contribution in [2.24, 2.45) is 5.84 Å². The van der Waals surface area contributed by atoms with E-state index in [-0.39, 0.29) is 17.8 Å². The Balaban J connectivity index is 1.89. The van der Waals surface area contributed by atoms with Crippen molar-refractivity contribution in [1.82, 2.24) is 10.3 Å². The van der Waals surface area contributed by atoms with Gasteiger partial charge in [0.25, 0.3) is 0 Å². The molecule has 1 saturated heterocycles. The second-order valence-electron chi connectivity index (χ2n) is 5.10. The van der Waals surface area contributed by atoms with Crippen molar-refractivity contribution >= 4 is 11.6 Å². The molecule has 1 heterocycles. The lowest BCUT2D eigenvalue weighted by Gasteiger charge is -2.39. The number of benzene rings is 1. The zero-order valence-electron chi connectivity index (χ0n) is 11.7. The van der Waals surface area contributed by atoms with Crippen LogP contribution in [0.4, 0.5) is 10.1 Å². The minimum Gasteiger partial charge on any atom is -0.367 e. The molecule has 0 aromatic heterocycles. The first-order valence-electron chi connectivity index (χ1n) is 6.85. The highest BCUT2D eigenvalue weighted by Gasteiger charge is 2.23. The normalized spacial score (nSPS) is 17.9. The molecule has 1 amide bonds. The Morgan fingerprint density at radius 2 is 2.00 bits per heavy atom. The maximum atomic E-state index is 13.7. The first-order valence-corrected chi connectivity index (χ1v) is 6.85. The van der Waals surface area contributed by atoms with Gasteiger partial charge in [0.1, 0.15) is 5.82 Å². The predicted molar refractivity (Wildman–Crippen MR) is 76.6 cm³/mol. The Morgan fingerprint density at radius 1 is 1.35 bits per heavy atom. The maximum Gasteiger partial charge on any atom is 0.235 e. The second-order valence-corrected chi connectivity index (χ2v) is 5.10. The molecular formula is C14H21FN4O. The molecule has 1 aromatic rings. The highest BCUT2D eigenvalue weighted by Crippen LogP contribution is 2.21. The summed E-state index contributed by atoms with van der Waals surface area (Å²) in [5, 5.41) is 0. The Labute approximate surface area is 118 Å². The summed E-state index contributed by atoms with van der Waals surface area (Å²) < 4.78 is 13.7. The summed E-state index contributed by atoms with van der Waals surface area (Å²) >= 11 is 0. The molecular weight excluding hydrogens is 259 g/mol. The summed E-state index contributed by atoms with van der Waals surface area (Å²) in [6, 6.07) is 6.97. The summed E-state index contributed by atoms with van der Waals surface area (Å²) in [7, 11) is 0. The number of hydrazine groups is 1. The highest BCUT2D eigenvalue weighted by atomic mass is 19.1. The van der Waals surface area contributed by atoms with Gasteiger partial charge in [-0.15, -0.1) is 0 Å². The van der Waals surface area contributed by atoms with Gasteiger partial charge in [0.15, 0.2) is 0 Å². The molecule has 0 bridgehead atoms. The lowest BCUT2D eigenvalue weighted by molar-refractivity contribution is -0.122. The van der Waals surface area contributed by atoms with Crippen LogP contribution in [-0.2, 0) is 4.79 Å². The molecule has 1 fully saturated rings. The Bertz CT molecular complexity index is 460. The average Bonchev–Trinajstić information content (AvgIpc) is 2.47. The Hall–Kier alpha value is -1.66. The van der Waals surface area contributed by atoms with E-state index in [2.05, 4.69) is 10.3 Å². The van der Waals surface area contributed by atoms with Crippen molar-refractivity contribution in [3.8, 4) is 0 Å². The van der Waals surface area contributed by atoms with Gasteiger partial charge in [0.2, 0.25) is 5.91 Å². The van der Waals surface area contributed by atoms with E-state index in [1.807, 2.05) is 17.9 Å². The monoisotopic (exact) mass is 280 g/mol. The molecule has 1 unspecified atom stereocenters. The van der Waals surface area contributed by atoms with Crippen LogP contribution < -0.4 is 16.2 Å².